The van der Waals surface area contributed by atoms with Crippen molar-refractivity contribution in [2.75, 3.05) is 0 Å². The summed E-state index contributed by atoms with van der Waals surface area (Å²) in [6.45, 7) is 7.05. The van der Waals surface area contributed by atoms with Crippen LogP contribution in [0, 0.1) is 5.38 Å². The van der Waals surface area contributed by atoms with Crippen LogP contribution in [0.4, 0.5) is 0 Å². The van der Waals surface area contributed by atoms with E-state index in [1.165, 1.54) is 4.90 Å². The Balaban J connectivity index is 0.00000144. The molecule has 0 unspecified atom stereocenters. The summed E-state index contributed by atoms with van der Waals surface area (Å²) in [5.41, 5.74) is 0. The Morgan fingerprint density at radius 3 is 2.08 bits per heavy atom. The fraction of sp³-hybridized carbons (Fsp3) is 0.300. The van der Waals surface area contributed by atoms with Crippen molar-refractivity contribution >= 4 is 19.8 Å². The number of rotatable bonds is 3. The molecule has 1 rings (SSSR count). The quantitative estimate of drug-likeness (QED) is 0.397. The van der Waals surface area contributed by atoms with E-state index in [2.05, 4.69) is 55.3 Å². The van der Waals surface area contributed by atoms with Crippen molar-refractivity contribution in [3.63, 3.8) is 0 Å². The van der Waals surface area contributed by atoms with Gasteiger partial charge in [0.2, 0.25) is 0 Å². The van der Waals surface area contributed by atoms with Gasteiger partial charge >= 0.3 is 18.9 Å². The van der Waals surface area contributed by atoms with E-state index in [1.807, 2.05) is 11.8 Å². The molecule has 0 aliphatic heterocycles. The van der Waals surface area contributed by atoms with Gasteiger partial charge in [-0.05, 0) is 4.90 Å². The molecule has 0 aromatic heterocycles. The minimum absolute atomic E-state index is 0. The first-order valence-corrected chi connectivity index (χ1v) is 8.60. The Hall–Kier alpha value is 0.384. The molecule has 0 aliphatic carbocycles. The molecule has 0 saturated carbocycles. The van der Waals surface area contributed by atoms with Gasteiger partial charge in [-0.3, -0.25) is 5.38 Å². The summed E-state index contributed by atoms with van der Waals surface area (Å²) < 4.78 is 0. The van der Waals surface area contributed by atoms with Gasteiger partial charge in [-0.1, -0.05) is 58.0 Å². The molecule has 1 aromatic rings. The normalized spacial score (nSPS) is 10.7. The van der Waals surface area contributed by atoms with Gasteiger partial charge in [-0.15, -0.1) is 0 Å². The zero-order valence-corrected chi connectivity index (χ0v) is 10.7. The number of hydrogen-bond acceptors (Lipinski definition) is 1. The molecule has 13 heavy (non-hydrogen) atoms. The van der Waals surface area contributed by atoms with Gasteiger partial charge in [0.1, 0.15) is 0 Å². The van der Waals surface area contributed by atoms with Gasteiger partial charge in [0, 0.05) is 0 Å². The van der Waals surface area contributed by atoms with Crippen LogP contribution in [-0.4, -0.2) is 8.07 Å². The van der Waals surface area contributed by atoms with Crippen LogP contribution in [0.3, 0.4) is 0 Å². The molecule has 0 amide bonds. The zero-order chi connectivity index (χ0) is 9.03. The van der Waals surface area contributed by atoms with Crippen LogP contribution in [0.1, 0.15) is 0 Å². The Kier molecular flexibility index (Phi) is 6.16. The predicted octanol–water partition coefficient (Wildman–Crippen LogP) is 0.822. The van der Waals surface area contributed by atoms with E-state index >= 15 is 0 Å². The second kappa shape index (κ2) is 5.98. The van der Waals surface area contributed by atoms with E-state index in [9.17, 15) is 0 Å². The summed E-state index contributed by atoms with van der Waals surface area (Å²) in [5.74, 6) is 0. The van der Waals surface area contributed by atoms with Gasteiger partial charge in [-0.25, -0.2) is 0 Å². The summed E-state index contributed by atoms with van der Waals surface area (Å²) in [4.78, 5) is 1.35. The Labute approximate surface area is 98.7 Å². The first kappa shape index (κ1) is 13.4. The van der Waals surface area contributed by atoms with Crippen LogP contribution in [0.25, 0.3) is 0 Å². The standard InChI is InChI=1S/C10H15SSi.Li/c1-12(2,3)9-11-10-7-5-4-6-8-10;/h4-9H,1-3H3;/q-1;+1. The molecule has 0 fully saturated rings. The maximum absolute atomic E-state index is 2.41. The van der Waals surface area contributed by atoms with Crippen molar-refractivity contribution < 1.29 is 18.9 Å². The van der Waals surface area contributed by atoms with Crippen LogP contribution in [0.5, 0.6) is 0 Å². The molecule has 0 radical (unpaired) electrons. The van der Waals surface area contributed by atoms with E-state index in [0.717, 1.165) is 0 Å². The van der Waals surface area contributed by atoms with Crippen LogP contribution in [0.2, 0.25) is 19.6 Å². The van der Waals surface area contributed by atoms with E-state index in [0.29, 0.717) is 0 Å². The van der Waals surface area contributed by atoms with Crippen molar-refractivity contribution in [1.29, 1.82) is 0 Å². The average molecular weight is 202 g/mol. The van der Waals surface area contributed by atoms with Crippen LogP contribution >= 0.6 is 11.8 Å². The topological polar surface area (TPSA) is 0 Å². The van der Waals surface area contributed by atoms with Crippen molar-refractivity contribution in [3.05, 3.63) is 35.7 Å². The molecule has 0 aliphatic rings. The molecule has 0 heterocycles. The number of thioether (sulfide) groups is 1. The van der Waals surface area contributed by atoms with Crippen molar-refractivity contribution in [1.82, 2.24) is 0 Å². The Morgan fingerprint density at radius 2 is 1.62 bits per heavy atom. The molecule has 1 aromatic carbocycles. The third-order valence-corrected chi connectivity index (χ3v) is 5.14. The molecule has 0 N–H and O–H groups in total. The molecule has 0 nitrogen and oxygen atoms in total. The molecule has 66 valence electrons. The van der Waals surface area contributed by atoms with E-state index in [4.69, 9.17) is 0 Å². The Morgan fingerprint density at radius 1 is 1.08 bits per heavy atom. The summed E-state index contributed by atoms with van der Waals surface area (Å²) in [6.07, 6.45) is 0. The number of benzene rings is 1. The minimum Gasteiger partial charge on any atom is -0.318 e. The SMILES string of the molecule is C[Si](C)(C)[CH-]Sc1ccccc1.[Li+]. The van der Waals surface area contributed by atoms with Gasteiger partial charge in [0.05, 0.1) is 0 Å². The maximum atomic E-state index is 2.41. The summed E-state index contributed by atoms with van der Waals surface area (Å²) in [6, 6.07) is 10.5. The van der Waals surface area contributed by atoms with Gasteiger partial charge in [0.25, 0.3) is 0 Å². The Bertz CT molecular complexity index is 230. The number of hydrogen-bond donors (Lipinski definition) is 0. The van der Waals surface area contributed by atoms with E-state index in [1.54, 1.807) is 0 Å². The van der Waals surface area contributed by atoms with Crippen molar-refractivity contribution in [2.24, 2.45) is 0 Å². The molecule has 0 atom stereocenters. The van der Waals surface area contributed by atoms with Crippen molar-refractivity contribution in [2.45, 2.75) is 24.5 Å². The first-order valence-electron chi connectivity index (χ1n) is 4.14. The fourth-order valence-electron chi connectivity index (χ4n) is 0.744. The van der Waals surface area contributed by atoms with Crippen LogP contribution in [-0.2, 0) is 0 Å². The van der Waals surface area contributed by atoms with Gasteiger partial charge in [-0.2, -0.15) is 0 Å². The minimum atomic E-state index is -1.00. The molecule has 3 heteroatoms. The van der Waals surface area contributed by atoms with Crippen LogP contribution < -0.4 is 18.9 Å². The zero-order valence-electron chi connectivity index (χ0n) is 8.87. The van der Waals surface area contributed by atoms with E-state index in [-0.39, 0.29) is 18.9 Å². The van der Waals surface area contributed by atoms with Crippen molar-refractivity contribution in [3.8, 4) is 0 Å². The monoisotopic (exact) mass is 202 g/mol. The molecule has 0 bridgehead atoms. The van der Waals surface area contributed by atoms with Crippen LogP contribution in [0.15, 0.2) is 35.2 Å². The molecular formula is C10H15LiSSi. The first-order chi connectivity index (χ1) is 5.58. The summed E-state index contributed by atoms with van der Waals surface area (Å²) in [5, 5.41) is 2.41. The second-order valence-corrected chi connectivity index (χ2v) is 10.3. The largest absolute Gasteiger partial charge is 1.00 e. The fourth-order valence-corrected chi connectivity index (χ4v) is 3.02. The summed E-state index contributed by atoms with van der Waals surface area (Å²) in [7, 11) is -1.00. The van der Waals surface area contributed by atoms with Gasteiger partial charge in [0.15, 0.2) is 0 Å². The maximum Gasteiger partial charge on any atom is 1.00 e. The predicted molar refractivity (Wildman–Crippen MR) is 59.9 cm³/mol. The third-order valence-electron chi connectivity index (χ3n) is 1.29. The average Bonchev–Trinajstić information content (AvgIpc) is 2.02. The second-order valence-electron chi connectivity index (χ2n) is 3.91. The summed E-state index contributed by atoms with van der Waals surface area (Å²) >= 11 is 1.86. The molecule has 0 saturated heterocycles. The van der Waals surface area contributed by atoms with E-state index < -0.39 is 8.07 Å². The third kappa shape index (κ3) is 6.45. The molecular weight excluding hydrogens is 187 g/mol. The molecule has 0 spiro atoms. The van der Waals surface area contributed by atoms with Gasteiger partial charge < -0.3 is 11.8 Å². The smallest absolute Gasteiger partial charge is 0.318 e.